The van der Waals surface area contributed by atoms with E-state index in [0.717, 1.165) is 30.5 Å². The Morgan fingerprint density at radius 2 is 2.08 bits per heavy atom. The maximum atomic E-state index is 11.6. The number of carbonyl (C=O) groups is 1. The number of carbonyl (C=O) groups excluding carboxylic acids is 1. The Kier molecular flexibility index (Phi) is 6.95. The predicted octanol–water partition coefficient (Wildman–Crippen LogP) is 2.86. The molecule has 25 heavy (non-hydrogen) atoms. The van der Waals surface area contributed by atoms with Crippen LogP contribution in [0.4, 0.5) is 5.13 Å². The van der Waals surface area contributed by atoms with Crippen LogP contribution in [0, 0.1) is 0 Å². The molecule has 1 aromatic carbocycles. The van der Waals surface area contributed by atoms with Gasteiger partial charge in [-0.3, -0.25) is 14.6 Å². The minimum atomic E-state index is 0. The molecule has 1 aliphatic rings. The van der Waals surface area contributed by atoms with Gasteiger partial charge in [0.2, 0.25) is 5.91 Å². The summed E-state index contributed by atoms with van der Waals surface area (Å²) in [5, 5.41) is 2.82. The Morgan fingerprint density at radius 3 is 2.72 bits per heavy atom. The third-order valence-electron chi connectivity index (χ3n) is 4.52. The molecule has 1 fully saturated rings. The van der Waals surface area contributed by atoms with E-state index < -0.39 is 0 Å². The highest BCUT2D eigenvalue weighted by Gasteiger charge is 2.31. The van der Waals surface area contributed by atoms with Crippen molar-refractivity contribution in [1.29, 1.82) is 0 Å². The molecule has 2 heterocycles. The third kappa shape index (κ3) is 4.58. The van der Waals surface area contributed by atoms with E-state index in [-0.39, 0.29) is 24.4 Å². The first kappa shape index (κ1) is 19.8. The number of benzene rings is 1. The van der Waals surface area contributed by atoms with E-state index in [0.29, 0.717) is 12.5 Å². The summed E-state index contributed by atoms with van der Waals surface area (Å²) in [6.45, 7) is 6.79. The van der Waals surface area contributed by atoms with E-state index in [9.17, 15) is 4.79 Å². The fourth-order valence-electron chi connectivity index (χ4n) is 3.31. The largest absolute Gasteiger partial charge is 0.326 e. The highest BCUT2D eigenvalue weighted by molar-refractivity contribution is 7.14. The molecule has 2 N–H and O–H groups in total. The highest BCUT2D eigenvalue weighted by atomic mass is 35.5. The summed E-state index contributed by atoms with van der Waals surface area (Å²) in [4.78, 5) is 20.3. The number of aromatic nitrogens is 1. The van der Waals surface area contributed by atoms with Crippen molar-refractivity contribution in [2.45, 2.75) is 32.4 Å². The maximum Gasteiger partial charge on any atom is 0.225 e. The van der Waals surface area contributed by atoms with Crippen LogP contribution in [0.15, 0.2) is 35.7 Å². The molecule has 0 unspecified atom stereocenters. The van der Waals surface area contributed by atoms with E-state index in [1.54, 1.807) is 11.8 Å². The molecule has 0 spiro atoms. The van der Waals surface area contributed by atoms with E-state index in [4.69, 9.17) is 5.73 Å². The first-order valence-corrected chi connectivity index (χ1v) is 9.21. The number of rotatable bonds is 5. The van der Waals surface area contributed by atoms with Gasteiger partial charge in [0.1, 0.15) is 0 Å². The second-order valence-corrected chi connectivity index (χ2v) is 7.10. The summed E-state index contributed by atoms with van der Waals surface area (Å²) in [6.07, 6.45) is 0. The normalized spacial score (nSPS) is 20.3. The minimum absolute atomic E-state index is 0. The van der Waals surface area contributed by atoms with Gasteiger partial charge < -0.3 is 5.73 Å². The molecule has 0 saturated carbocycles. The SMILES string of the molecule is CCN(C(C)=O)c1nc(CN2C[C@@H](N)[C@H](c3ccccc3)C2)cs1.Cl. The van der Waals surface area contributed by atoms with Gasteiger partial charge in [0.15, 0.2) is 5.13 Å². The average Bonchev–Trinajstić information content (AvgIpc) is 3.16. The molecular formula is C18H25ClN4OS. The van der Waals surface area contributed by atoms with Crippen LogP contribution >= 0.6 is 23.7 Å². The average molecular weight is 381 g/mol. The van der Waals surface area contributed by atoms with E-state index in [1.807, 2.05) is 18.4 Å². The van der Waals surface area contributed by atoms with Crippen molar-refractivity contribution in [3.05, 3.63) is 47.0 Å². The lowest BCUT2D eigenvalue weighted by molar-refractivity contribution is -0.116. The molecule has 3 rings (SSSR count). The zero-order valence-corrected chi connectivity index (χ0v) is 16.2. The Bertz CT molecular complexity index is 693. The quantitative estimate of drug-likeness (QED) is 0.866. The summed E-state index contributed by atoms with van der Waals surface area (Å²) >= 11 is 1.53. The first-order valence-electron chi connectivity index (χ1n) is 8.34. The summed E-state index contributed by atoms with van der Waals surface area (Å²) in [6, 6.07) is 10.6. The van der Waals surface area contributed by atoms with Crippen LogP contribution in [0.5, 0.6) is 0 Å². The number of nitrogens with zero attached hydrogens (tertiary/aromatic N) is 3. The molecule has 136 valence electrons. The van der Waals surface area contributed by atoms with Gasteiger partial charge in [-0.1, -0.05) is 30.3 Å². The van der Waals surface area contributed by atoms with Gasteiger partial charge in [0.05, 0.1) is 5.69 Å². The summed E-state index contributed by atoms with van der Waals surface area (Å²) in [7, 11) is 0. The van der Waals surface area contributed by atoms with Gasteiger partial charge in [-0.25, -0.2) is 4.98 Å². The number of amides is 1. The maximum absolute atomic E-state index is 11.6. The third-order valence-corrected chi connectivity index (χ3v) is 5.43. The molecule has 7 heteroatoms. The van der Waals surface area contributed by atoms with E-state index in [2.05, 4.69) is 34.1 Å². The molecule has 1 saturated heterocycles. The van der Waals surface area contributed by atoms with Crippen molar-refractivity contribution >= 4 is 34.8 Å². The lowest BCUT2D eigenvalue weighted by atomic mass is 9.95. The van der Waals surface area contributed by atoms with Crippen molar-refractivity contribution in [1.82, 2.24) is 9.88 Å². The van der Waals surface area contributed by atoms with Gasteiger partial charge >= 0.3 is 0 Å². The molecule has 1 amide bonds. The molecule has 0 radical (unpaired) electrons. The van der Waals surface area contributed by atoms with Crippen molar-refractivity contribution in [3.63, 3.8) is 0 Å². The van der Waals surface area contributed by atoms with E-state index >= 15 is 0 Å². The lowest BCUT2D eigenvalue weighted by Crippen LogP contribution is -2.29. The summed E-state index contributed by atoms with van der Waals surface area (Å²) < 4.78 is 0. The topological polar surface area (TPSA) is 62.5 Å². The van der Waals surface area contributed by atoms with Crippen LogP contribution in [-0.2, 0) is 11.3 Å². The molecule has 0 bridgehead atoms. The molecule has 1 aliphatic heterocycles. The molecule has 2 aromatic rings. The van der Waals surface area contributed by atoms with Crippen molar-refractivity contribution in [2.24, 2.45) is 5.73 Å². The second kappa shape index (κ2) is 8.76. The Balaban J connectivity index is 0.00000225. The van der Waals surface area contributed by atoms with Gasteiger partial charge in [0, 0.05) is 50.4 Å². The highest BCUT2D eigenvalue weighted by Crippen LogP contribution is 2.28. The van der Waals surface area contributed by atoms with Gasteiger partial charge in [-0.15, -0.1) is 23.7 Å². The molecular weight excluding hydrogens is 356 g/mol. The van der Waals surface area contributed by atoms with Gasteiger partial charge in [-0.05, 0) is 12.5 Å². The van der Waals surface area contributed by atoms with Gasteiger partial charge in [-0.2, -0.15) is 0 Å². The van der Waals surface area contributed by atoms with Crippen LogP contribution in [0.25, 0.3) is 0 Å². The van der Waals surface area contributed by atoms with Crippen LogP contribution < -0.4 is 10.6 Å². The standard InChI is InChI=1S/C18H24N4OS.ClH/c1-3-22(13(2)23)18-20-15(12-24-18)9-21-10-16(17(19)11-21)14-7-5-4-6-8-14;/h4-8,12,16-17H,3,9-11,19H2,1-2H3;1H/t16-,17+;/m0./s1. The number of nitrogens with two attached hydrogens (primary N) is 1. The van der Waals surface area contributed by atoms with Crippen LogP contribution in [-0.4, -0.2) is 41.5 Å². The van der Waals surface area contributed by atoms with Crippen LogP contribution in [0.1, 0.15) is 31.0 Å². The van der Waals surface area contributed by atoms with Crippen LogP contribution in [0.2, 0.25) is 0 Å². The minimum Gasteiger partial charge on any atom is -0.326 e. The molecule has 1 aromatic heterocycles. The van der Waals surface area contributed by atoms with Crippen molar-refractivity contribution in [2.75, 3.05) is 24.5 Å². The lowest BCUT2D eigenvalue weighted by Gasteiger charge is -2.16. The first-order chi connectivity index (χ1) is 11.6. The second-order valence-electron chi connectivity index (χ2n) is 6.26. The summed E-state index contributed by atoms with van der Waals surface area (Å²) in [5.41, 5.74) is 8.67. The number of anilines is 1. The molecule has 0 aliphatic carbocycles. The zero-order chi connectivity index (χ0) is 17.1. The Hall–Kier alpha value is -1.47. The Morgan fingerprint density at radius 1 is 1.36 bits per heavy atom. The number of likely N-dealkylation sites (tertiary alicyclic amines) is 1. The fraction of sp³-hybridized carbons (Fsp3) is 0.444. The fourth-order valence-corrected chi connectivity index (χ4v) is 4.23. The molecule has 5 nitrogen and oxygen atoms in total. The van der Waals surface area contributed by atoms with Crippen LogP contribution in [0.3, 0.4) is 0 Å². The molecule has 2 atom stereocenters. The Labute approximate surface area is 159 Å². The number of thiazole rings is 1. The van der Waals surface area contributed by atoms with Crippen molar-refractivity contribution < 1.29 is 4.79 Å². The zero-order valence-electron chi connectivity index (χ0n) is 14.6. The number of hydrogen-bond donors (Lipinski definition) is 1. The monoisotopic (exact) mass is 380 g/mol. The van der Waals surface area contributed by atoms with E-state index in [1.165, 1.54) is 16.9 Å². The van der Waals surface area contributed by atoms with Crippen molar-refractivity contribution in [3.8, 4) is 0 Å². The number of halogens is 1. The predicted molar refractivity (Wildman–Crippen MR) is 105 cm³/mol. The number of hydrogen-bond acceptors (Lipinski definition) is 5. The van der Waals surface area contributed by atoms with Gasteiger partial charge in [0.25, 0.3) is 0 Å². The summed E-state index contributed by atoms with van der Waals surface area (Å²) in [5.74, 6) is 0.402. The smallest absolute Gasteiger partial charge is 0.225 e.